The molecule has 11 nitrogen and oxygen atoms in total. The highest BCUT2D eigenvalue weighted by Crippen LogP contribution is 2.40. The molecule has 0 spiro atoms. The Labute approximate surface area is 218 Å². The number of fused-ring (bicyclic) bond motifs is 2. The van der Waals surface area contributed by atoms with E-state index < -0.39 is 5.79 Å². The van der Waals surface area contributed by atoms with Crippen LogP contribution in [-0.4, -0.2) is 50.4 Å². The van der Waals surface area contributed by atoms with Crippen molar-refractivity contribution in [1.82, 2.24) is 24.5 Å². The molecule has 4 aromatic heterocycles. The number of hydrogen-bond donors (Lipinski definition) is 3. The minimum atomic E-state index is -1.43. The molecule has 0 unspecified atom stereocenters. The Morgan fingerprint density at radius 2 is 2.11 bits per heavy atom. The van der Waals surface area contributed by atoms with E-state index in [1.165, 1.54) is 6.33 Å². The lowest BCUT2D eigenvalue weighted by molar-refractivity contribution is -0.178. The summed E-state index contributed by atoms with van der Waals surface area (Å²) in [5.74, 6) is 0.955. The number of methoxy groups -OCH3 is 1. The largest absolute Gasteiger partial charge is 0.496 e. The highest BCUT2D eigenvalue weighted by atomic mass is 16.6. The fourth-order valence-electron chi connectivity index (χ4n) is 4.83. The first-order valence-electron chi connectivity index (χ1n) is 12.2. The molecule has 5 heterocycles. The number of nitrogens with two attached hydrogens (primary N) is 1. The summed E-state index contributed by atoms with van der Waals surface area (Å²) in [5, 5.41) is 15.7. The number of benzene rings is 1. The zero-order valence-electron chi connectivity index (χ0n) is 21.0. The molecule has 194 valence electrons. The van der Waals surface area contributed by atoms with Gasteiger partial charge in [0.2, 0.25) is 0 Å². The number of ether oxygens (including phenoxy) is 3. The van der Waals surface area contributed by atoms with Crippen molar-refractivity contribution >= 4 is 33.6 Å². The lowest BCUT2D eigenvalue weighted by Crippen LogP contribution is -2.23. The molecule has 0 bridgehead atoms. The van der Waals surface area contributed by atoms with E-state index in [1.54, 1.807) is 25.7 Å². The standard InChI is InChI=1S/C27H27N7O4/c1-29-23-10-22(36-2)19-5-4-18(9-21(19)33-23)37-14-16-8-17(12-30-11-16)34-13-20(27(35)6-3-7-38-27)24-25(28)31-15-32-26(24)34/h4-5,8-13,15,35H,3,6-7,14H2,1-2H3,(H,29,33)(H2,28,31,32)/t27-/m1/s1. The maximum Gasteiger partial charge on any atom is 0.194 e. The van der Waals surface area contributed by atoms with Gasteiger partial charge in [-0.25, -0.2) is 15.0 Å². The van der Waals surface area contributed by atoms with Crippen molar-refractivity contribution < 1.29 is 19.3 Å². The fraction of sp³-hybridized carbons (Fsp3) is 0.259. The number of anilines is 2. The predicted octanol–water partition coefficient (Wildman–Crippen LogP) is 3.53. The van der Waals surface area contributed by atoms with Crippen molar-refractivity contribution in [2.75, 3.05) is 31.8 Å². The average molecular weight is 514 g/mol. The van der Waals surface area contributed by atoms with Crippen LogP contribution >= 0.6 is 0 Å². The van der Waals surface area contributed by atoms with E-state index in [9.17, 15) is 5.11 Å². The van der Waals surface area contributed by atoms with E-state index in [2.05, 4.69) is 25.3 Å². The smallest absolute Gasteiger partial charge is 0.194 e. The second-order valence-corrected chi connectivity index (χ2v) is 9.09. The van der Waals surface area contributed by atoms with Crippen molar-refractivity contribution in [2.45, 2.75) is 25.2 Å². The average Bonchev–Trinajstić information content (AvgIpc) is 3.57. The molecule has 0 saturated carbocycles. The van der Waals surface area contributed by atoms with Gasteiger partial charge in [-0.3, -0.25) is 9.55 Å². The number of aromatic nitrogens is 5. The molecule has 38 heavy (non-hydrogen) atoms. The monoisotopic (exact) mass is 513 g/mol. The summed E-state index contributed by atoms with van der Waals surface area (Å²) in [5.41, 5.74) is 9.66. The van der Waals surface area contributed by atoms with Gasteiger partial charge in [0, 0.05) is 54.5 Å². The molecule has 0 amide bonds. The third-order valence-electron chi connectivity index (χ3n) is 6.72. The van der Waals surface area contributed by atoms with E-state index in [4.69, 9.17) is 19.9 Å². The Bertz CT molecular complexity index is 1650. The number of hydrogen-bond acceptors (Lipinski definition) is 10. The summed E-state index contributed by atoms with van der Waals surface area (Å²) in [6, 6.07) is 9.50. The maximum absolute atomic E-state index is 11.2. The topological polar surface area (TPSA) is 142 Å². The van der Waals surface area contributed by atoms with Gasteiger partial charge in [-0.05, 0) is 24.6 Å². The molecule has 4 N–H and O–H groups in total. The fourth-order valence-corrected chi connectivity index (χ4v) is 4.83. The molecule has 1 saturated heterocycles. The maximum atomic E-state index is 11.2. The van der Waals surface area contributed by atoms with Gasteiger partial charge >= 0.3 is 0 Å². The number of nitrogens with one attached hydrogen (secondary N) is 1. The lowest BCUT2D eigenvalue weighted by Gasteiger charge is -2.20. The summed E-state index contributed by atoms with van der Waals surface area (Å²) in [4.78, 5) is 17.6. The molecule has 0 aliphatic carbocycles. The van der Waals surface area contributed by atoms with Crippen molar-refractivity contribution in [3.8, 4) is 17.2 Å². The Kier molecular flexibility index (Phi) is 5.93. The van der Waals surface area contributed by atoms with Crippen LogP contribution in [0.2, 0.25) is 0 Å². The number of rotatable bonds is 7. The Morgan fingerprint density at radius 1 is 1.21 bits per heavy atom. The summed E-state index contributed by atoms with van der Waals surface area (Å²) in [6.45, 7) is 0.754. The predicted molar refractivity (Wildman–Crippen MR) is 142 cm³/mol. The second kappa shape index (κ2) is 9.43. The summed E-state index contributed by atoms with van der Waals surface area (Å²) in [7, 11) is 3.45. The van der Waals surface area contributed by atoms with Crippen LogP contribution in [0.25, 0.3) is 27.6 Å². The van der Waals surface area contributed by atoms with Crippen LogP contribution in [0, 0.1) is 0 Å². The molecule has 5 aromatic rings. The van der Waals surface area contributed by atoms with Gasteiger partial charge in [0.1, 0.15) is 36.1 Å². The van der Waals surface area contributed by atoms with Crippen LogP contribution in [-0.2, 0) is 17.1 Å². The SMILES string of the molecule is CNc1cc(OC)c2ccc(OCc3cncc(-n4cc([C@@]5(O)CCCO5)c5c(N)ncnc54)c3)cc2n1. The van der Waals surface area contributed by atoms with Crippen molar-refractivity contribution in [1.29, 1.82) is 0 Å². The molecular weight excluding hydrogens is 486 g/mol. The number of nitrogen functional groups attached to an aromatic ring is 1. The van der Waals surface area contributed by atoms with Crippen molar-refractivity contribution in [2.24, 2.45) is 0 Å². The van der Waals surface area contributed by atoms with Crippen LogP contribution in [0.1, 0.15) is 24.0 Å². The van der Waals surface area contributed by atoms with Crippen LogP contribution < -0.4 is 20.5 Å². The van der Waals surface area contributed by atoms with Crippen LogP contribution in [0.5, 0.6) is 11.5 Å². The van der Waals surface area contributed by atoms with E-state index >= 15 is 0 Å². The molecule has 1 fully saturated rings. The quantitative estimate of drug-likeness (QED) is 0.296. The van der Waals surface area contributed by atoms with Gasteiger partial charge in [-0.2, -0.15) is 0 Å². The summed E-state index contributed by atoms with van der Waals surface area (Å²) < 4.78 is 19.1. The van der Waals surface area contributed by atoms with Crippen LogP contribution in [0.4, 0.5) is 11.6 Å². The third-order valence-corrected chi connectivity index (χ3v) is 6.72. The minimum absolute atomic E-state index is 0.281. The van der Waals surface area contributed by atoms with Gasteiger partial charge in [0.05, 0.1) is 36.5 Å². The number of aliphatic hydroxyl groups is 1. The minimum Gasteiger partial charge on any atom is -0.496 e. The van der Waals surface area contributed by atoms with Crippen molar-refractivity contribution in [3.05, 3.63) is 66.4 Å². The molecule has 1 aliphatic rings. The molecule has 1 aliphatic heterocycles. The van der Waals surface area contributed by atoms with Gasteiger partial charge in [0.25, 0.3) is 0 Å². The van der Waals surface area contributed by atoms with Crippen LogP contribution in [0.3, 0.4) is 0 Å². The lowest BCUT2D eigenvalue weighted by atomic mass is 10.0. The zero-order valence-corrected chi connectivity index (χ0v) is 21.0. The Morgan fingerprint density at radius 3 is 2.89 bits per heavy atom. The summed E-state index contributed by atoms with van der Waals surface area (Å²) in [6.07, 6.45) is 7.88. The summed E-state index contributed by atoms with van der Waals surface area (Å²) >= 11 is 0. The highest BCUT2D eigenvalue weighted by molar-refractivity contribution is 5.91. The van der Waals surface area contributed by atoms with Crippen molar-refractivity contribution in [3.63, 3.8) is 0 Å². The molecule has 6 rings (SSSR count). The van der Waals surface area contributed by atoms with Gasteiger partial charge in [-0.15, -0.1) is 0 Å². The first-order valence-corrected chi connectivity index (χ1v) is 12.2. The first-order chi connectivity index (χ1) is 18.5. The zero-order chi connectivity index (χ0) is 26.3. The number of nitrogens with zero attached hydrogens (tertiary/aromatic N) is 5. The first kappa shape index (κ1) is 23.9. The van der Waals surface area contributed by atoms with E-state index in [-0.39, 0.29) is 12.4 Å². The number of pyridine rings is 2. The highest BCUT2D eigenvalue weighted by Gasteiger charge is 2.38. The molecular formula is C27H27N7O4. The molecule has 1 aromatic carbocycles. The second-order valence-electron chi connectivity index (χ2n) is 9.09. The van der Waals surface area contributed by atoms with E-state index in [0.717, 1.165) is 34.3 Å². The molecule has 0 radical (unpaired) electrons. The van der Waals surface area contributed by atoms with Gasteiger partial charge < -0.3 is 30.4 Å². The Hall–Kier alpha value is -4.48. The normalized spacial score (nSPS) is 17.2. The van der Waals surface area contributed by atoms with Crippen LogP contribution in [0.15, 0.2) is 55.2 Å². The van der Waals surface area contributed by atoms with Gasteiger partial charge in [-0.1, -0.05) is 0 Å². The van der Waals surface area contributed by atoms with E-state index in [0.29, 0.717) is 41.2 Å². The van der Waals surface area contributed by atoms with E-state index in [1.807, 2.05) is 41.9 Å². The molecule has 1 atom stereocenters. The Balaban J connectivity index is 1.31. The van der Waals surface area contributed by atoms with Gasteiger partial charge in [0.15, 0.2) is 11.4 Å². The molecule has 11 heteroatoms. The third kappa shape index (κ3) is 4.11.